The molecule has 4 heteroatoms. The van der Waals surface area contributed by atoms with Crippen molar-refractivity contribution >= 4 is 17.7 Å². The van der Waals surface area contributed by atoms with Gasteiger partial charge in [-0.25, -0.2) is 0 Å². The van der Waals surface area contributed by atoms with Crippen LogP contribution in [0.15, 0.2) is 24.3 Å². The number of carbonyl (C=O) groups is 1. The van der Waals surface area contributed by atoms with Gasteiger partial charge >= 0.3 is 0 Å². The van der Waals surface area contributed by atoms with Crippen LogP contribution < -0.4 is 0 Å². The highest BCUT2D eigenvalue weighted by molar-refractivity contribution is 7.97. The molecule has 2 aliphatic heterocycles. The van der Waals surface area contributed by atoms with E-state index in [0.717, 1.165) is 30.7 Å². The predicted octanol–water partition coefficient (Wildman–Crippen LogP) is 3.25. The summed E-state index contributed by atoms with van der Waals surface area (Å²) in [7, 11) is 2.20. The molecule has 0 aromatic heterocycles. The van der Waals surface area contributed by atoms with Crippen LogP contribution in [-0.4, -0.2) is 54.2 Å². The van der Waals surface area contributed by atoms with Crippen molar-refractivity contribution in [2.24, 2.45) is 0 Å². The number of nitrogens with zero attached hydrogens (tertiary/aromatic N) is 2. The lowest BCUT2D eigenvalue weighted by Gasteiger charge is -2.33. The van der Waals surface area contributed by atoms with Gasteiger partial charge in [-0.15, -0.1) is 0 Å². The first-order chi connectivity index (χ1) is 10.7. The SMILES string of the molecule is CSCc1ccc(C(=O)N2CCC[C@H]2[C@H]2CCCN2C)cc1. The first-order valence-electron chi connectivity index (χ1n) is 8.30. The summed E-state index contributed by atoms with van der Waals surface area (Å²) in [6.45, 7) is 2.09. The smallest absolute Gasteiger partial charge is 0.254 e. The second kappa shape index (κ2) is 7.05. The van der Waals surface area contributed by atoms with Crippen LogP contribution in [0.4, 0.5) is 0 Å². The number of hydrogen-bond donors (Lipinski definition) is 0. The Labute approximate surface area is 138 Å². The van der Waals surface area contributed by atoms with Crippen LogP contribution in [0.25, 0.3) is 0 Å². The molecule has 0 aliphatic carbocycles. The van der Waals surface area contributed by atoms with Crippen LogP contribution in [0.5, 0.6) is 0 Å². The standard InChI is InChI=1S/C18H26N2OS/c1-19-11-3-5-16(19)17-6-4-12-20(17)18(21)15-9-7-14(8-10-15)13-22-2/h7-10,16-17H,3-6,11-13H2,1-2H3/t16-,17+/m1/s1. The molecule has 2 fully saturated rings. The minimum absolute atomic E-state index is 0.221. The van der Waals surface area contributed by atoms with Crippen molar-refractivity contribution in [1.82, 2.24) is 9.80 Å². The Morgan fingerprint density at radius 2 is 1.82 bits per heavy atom. The number of amides is 1. The summed E-state index contributed by atoms with van der Waals surface area (Å²) in [4.78, 5) is 17.5. The number of rotatable bonds is 4. The largest absolute Gasteiger partial charge is 0.334 e. The molecule has 2 aliphatic rings. The van der Waals surface area contributed by atoms with Crippen LogP contribution in [0, 0.1) is 0 Å². The summed E-state index contributed by atoms with van der Waals surface area (Å²) in [6, 6.07) is 9.16. The van der Waals surface area contributed by atoms with Crippen LogP contribution >= 0.6 is 11.8 Å². The van der Waals surface area contributed by atoms with E-state index in [9.17, 15) is 4.79 Å². The van der Waals surface area contributed by atoms with Crippen molar-refractivity contribution in [3.8, 4) is 0 Å². The van der Waals surface area contributed by atoms with E-state index in [2.05, 4.69) is 35.2 Å². The summed E-state index contributed by atoms with van der Waals surface area (Å²) in [5, 5.41) is 0. The van der Waals surface area contributed by atoms with Crippen LogP contribution in [0.3, 0.4) is 0 Å². The molecule has 2 saturated heterocycles. The summed E-state index contributed by atoms with van der Waals surface area (Å²) in [5.74, 6) is 1.23. The highest BCUT2D eigenvalue weighted by atomic mass is 32.2. The van der Waals surface area contributed by atoms with Gasteiger partial charge in [0.25, 0.3) is 5.91 Å². The van der Waals surface area contributed by atoms with Gasteiger partial charge in [0.1, 0.15) is 0 Å². The van der Waals surface area contributed by atoms with Gasteiger partial charge in [0.15, 0.2) is 0 Å². The van der Waals surface area contributed by atoms with Crippen molar-refractivity contribution in [2.45, 2.75) is 43.5 Å². The van der Waals surface area contributed by atoms with E-state index in [1.54, 1.807) is 0 Å². The number of hydrogen-bond acceptors (Lipinski definition) is 3. The molecule has 0 radical (unpaired) electrons. The van der Waals surface area contributed by atoms with E-state index < -0.39 is 0 Å². The zero-order valence-corrected chi connectivity index (χ0v) is 14.4. The fraction of sp³-hybridized carbons (Fsp3) is 0.611. The summed E-state index contributed by atoms with van der Waals surface area (Å²) < 4.78 is 0. The second-order valence-corrected chi connectivity index (χ2v) is 7.39. The number of likely N-dealkylation sites (N-methyl/N-ethyl adjacent to an activating group) is 1. The van der Waals surface area contributed by atoms with E-state index in [4.69, 9.17) is 0 Å². The quantitative estimate of drug-likeness (QED) is 0.851. The second-order valence-electron chi connectivity index (χ2n) is 6.53. The molecule has 0 saturated carbocycles. The third-order valence-corrected chi connectivity index (χ3v) is 5.72. The zero-order chi connectivity index (χ0) is 15.5. The summed E-state index contributed by atoms with van der Waals surface area (Å²) >= 11 is 1.81. The molecule has 22 heavy (non-hydrogen) atoms. The summed E-state index contributed by atoms with van der Waals surface area (Å²) in [5.41, 5.74) is 2.13. The maximum atomic E-state index is 12.9. The number of thioether (sulfide) groups is 1. The fourth-order valence-corrected chi connectivity index (χ4v) is 4.47. The molecule has 120 valence electrons. The molecule has 2 heterocycles. The van der Waals surface area contributed by atoms with Crippen molar-refractivity contribution in [3.63, 3.8) is 0 Å². The monoisotopic (exact) mass is 318 g/mol. The molecule has 1 amide bonds. The van der Waals surface area contributed by atoms with Crippen molar-refractivity contribution in [3.05, 3.63) is 35.4 Å². The van der Waals surface area contributed by atoms with Crippen LogP contribution in [0.2, 0.25) is 0 Å². The van der Waals surface area contributed by atoms with E-state index in [1.165, 1.54) is 24.9 Å². The molecule has 0 unspecified atom stereocenters. The van der Waals surface area contributed by atoms with Gasteiger partial charge in [-0.1, -0.05) is 12.1 Å². The first-order valence-corrected chi connectivity index (χ1v) is 9.69. The van der Waals surface area contributed by atoms with Crippen LogP contribution in [-0.2, 0) is 5.75 Å². The molecular formula is C18H26N2OS. The van der Waals surface area contributed by atoms with E-state index in [1.807, 2.05) is 23.9 Å². The van der Waals surface area contributed by atoms with Crippen molar-refractivity contribution in [1.29, 1.82) is 0 Å². The number of carbonyl (C=O) groups excluding carboxylic acids is 1. The normalized spacial score (nSPS) is 25.8. The predicted molar refractivity (Wildman–Crippen MR) is 93.4 cm³/mol. The van der Waals surface area contributed by atoms with Crippen molar-refractivity contribution < 1.29 is 4.79 Å². The molecule has 3 nitrogen and oxygen atoms in total. The maximum absolute atomic E-state index is 12.9. The third-order valence-electron chi connectivity index (χ3n) is 5.09. The Kier molecular flexibility index (Phi) is 5.09. The molecular weight excluding hydrogens is 292 g/mol. The van der Waals surface area contributed by atoms with Gasteiger partial charge in [0.05, 0.1) is 0 Å². The Morgan fingerprint density at radius 1 is 1.14 bits per heavy atom. The van der Waals surface area contributed by atoms with Gasteiger partial charge in [-0.05, 0) is 63.2 Å². The minimum Gasteiger partial charge on any atom is -0.334 e. The maximum Gasteiger partial charge on any atom is 0.254 e. The Balaban J connectivity index is 1.72. The van der Waals surface area contributed by atoms with Gasteiger partial charge in [0.2, 0.25) is 0 Å². The number of benzene rings is 1. The highest BCUT2D eigenvalue weighted by Crippen LogP contribution is 2.30. The lowest BCUT2D eigenvalue weighted by molar-refractivity contribution is 0.0664. The Bertz CT molecular complexity index is 516. The lowest BCUT2D eigenvalue weighted by atomic mass is 10.0. The topological polar surface area (TPSA) is 23.6 Å². The highest BCUT2D eigenvalue weighted by Gasteiger charge is 2.38. The first kappa shape index (κ1) is 15.9. The molecule has 3 rings (SSSR count). The molecule has 0 bridgehead atoms. The van der Waals surface area contributed by atoms with Gasteiger partial charge < -0.3 is 9.80 Å². The molecule has 2 atom stereocenters. The Hall–Kier alpha value is -1.00. The van der Waals surface area contributed by atoms with E-state index in [-0.39, 0.29) is 5.91 Å². The molecule has 0 spiro atoms. The Morgan fingerprint density at radius 3 is 2.45 bits per heavy atom. The van der Waals surface area contributed by atoms with Gasteiger partial charge in [-0.3, -0.25) is 4.79 Å². The van der Waals surface area contributed by atoms with Gasteiger partial charge in [-0.2, -0.15) is 11.8 Å². The average Bonchev–Trinajstić information content (AvgIpc) is 3.16. The number of likely N-dealkylation sites (tertiary alicyclic amines) is 2. The van der Waals surface area contributed by atoms with Gasteiger partial charge in [0, 0.05) is 29.9 Å². The van der Waals surface area contributed by atoms with E-state index in [0.29, 0.717) is 12.1 Å². The molecule has 0 N–H and O–H groups in total. The van der Waals surface area contributed by atoms with Crippen molar-refractivity contribution in [2.75, 3.05) is 26.4 Å². The minimum atomic E-state index is 0.221. The molecule has 1 aromatic rings. The third kappa shape index (κ3) is 3.18. The summed E-state index contributed by atoms with van der Waals surface area (Å²) in [6.07, 6.45) is 6.91. The lowest BCUT2D eigenvalue weighted by Crippen LogP contribution is -2.47. The average molecular weight is 318 g/mol. The van der Waals surface area contributed by atoms with E-state index >= 15 is 0 Å². The zero-order valence-electron chi connectivity index (χ0n) is 13.6. The molecule has 1 aromatic carbocycles. The van der Waals surface area contributed by atoms with Crippen LogP contribution in [0.1, 0.15) is 41.6 Å². The fourth-order valence-electron chi connectivity index (χ4n) is 3.94.